The molecule has 0 aromatic carbocycles. The van der Waals surface area contributed by atoms with Crippen molar-refractivity contribution < 1.29 is 14.7 Å². The van der Waals surface area contributed by atoms with E-state index in [4.69, 9.17) is 5.11 Å². The van der Waals surface area contributed by atoms with Gasteiger partial charge in [0.1, 0.15) is 0 Å². The van der Waals surface area contributed by atoms with Crippen molar-refractivity contribution >= 4 is 11.9 Å². The van der Waals surface area contributed by atoms with Gasteiger partial charge in [-0.2, -0.15) is 0 Å². The van der Waals surface area contributed by atoms with E-state index in [0.717, 1.165) is 5.56 Å². The van der Waals surface area contributed by atoms with Crippen LogP contribution in [0.2, 0.25) is 0 Å². The Morgan fingerprint density at radius 1 is 1.47 bits per heavy atom. The van der Waals surface area contributed by atoms with Gasteiger partial charge in [0.05, 0.1) is 6.54 Å². The van der Waals surface area contributed by atoms with Gasteiger partial charge in [0.15, 0.2) is 0 Å². The Balaban J connectivity index is 1.99. The molecule has 1 fully saturated rings. The minimum atomic E-state index is -0.805. The van der Waals surface area contributed by atoms with E-state index in [1.807, 2.05) is 17.0 Å². The average molecular weight is 263 g/mol. The second kappa shape index (κ2) is 6.29. The standard InChI is InChI=1S/C13H17N3O3/c17-12-9-16(8-10-3-5-14-6-4-10)11(7-15-12)1-2-13(18)19/h3-6,11H,1-2,7-9H2,(H,15,17)(H,18,19). The molecule has 102 valence electrons. The Morgan fingerprint density at radius 3 is 2.89 bits per heavy atom. The van der Waals surface area contributed by atoms with Gasteiger partial charge in [-0.15, -0.1) is 0 Å². The van der Waals surface area contributed by atoms with Gasteiger partial charge >= 0.3 is 5.97 Å². The predicted molar refractivity (Wildman–Crippen MR) is 68.3 cm³/mol. The lowest BCUT2D eigenvalue weighted by atomic mass is 10.1. The molecule has 19 heavy (non-hydrogen) atoms. The summed E-state index contributed by atoms with van der Waals surface area (Å²) in [5.74, 6) is -0.818. The molecule has 1 aliphatic rings. The molecule has 0 saturated carbocycles. The fourth-order valence-corrected chi connectivity index (χ4v) is 2.21. The van der Waals surface area contributed by atoms with E-state index in [-0.39, 0.29) is 18.4 Å². The lowest BCUT2D eigenvalue weighted by Gasteiger charge is -2.35. The highest BCUT2D eigenvalue weighted by Crippen LogP contribution is 2.14. The SMILES string of the molecule is O=C(O)CCC1CNC(=O)CN1Cc1ccncc1. The Morgan fingerprint density at radius 2 is 2.21 bits per heavy atom. The number of hydrogen-bond acceptors (Lipinski definition) is 4. The molecule has 0 radical (unpaired) electrons. The molecule has 2 heterocycles. The quantitative estimate of drug-likeness (QED) is 0.795. The summed E-state index contributed by atoms with van der Waals surface area (Å²) in [4.78, 5) is 28.1. The average Bonchev–Trinajstić information content (AvgIpc) is 2.39. The van der Waals surface area contributed by atoms with Gasteiger partial charge in [-0.05, 0) is 24.1 Å². The van der Waals surface area contributed by atoms with E-state index >= 15 is 0 Å². The summed E-state index contributed by atoms with van der Waals surface area (Å²) < 4.78 is 0. The third-order valence-electron chi connectivity index (χ3n) is 3.22. The highest BCUT2D eigenvalue weighted by atomic mass is 16.4. The maximum absolute atomic E-state index is 11.5. The molecule has 1 aromatic heterocycles. The van der Waals surface area contributed by atoms with Crippen molar-refractivity contribution in [1.29, 1.82) is 0 Å². The van der Waals surface area contributed by atoms with E-state index in [1.54, 1.807) is 12.4 Å². The van der Waals surface area contributed by atoms with Crippen LogP contribution in [0.15, 0.2) is 24.5 Å². The first-order valence-electron chi connectivity index (χ1n) is 6.26. The summed E-state index contributed by atoms with van der Waals surface area (Å²) in [5.41, 5.74) is 1.07. The normalized spacial score (nSPS) is 20.0. The summed E-state index contributed by atoms with van der Waals surface area (Å²) in [7, 11) is 0. The van der Waals surface area contributed by atoms with E-state index < -0.39 is 5.97 Å². The molecule has 6 heteroatoms. The number of aromatic nitrogens is 1. The van der Waals surface area contributed by atoms with Gasteiger partial charge in [0.25, 0.3) is 0 Å². The van der Waals surface area contributed by atoms with Crippen molar-refractivity contribution in [2.45, 2.75) is 25.4 Å². The summed E-state index contributed by atoms with van der Waals surface area (Å²) >= 11 is 0. The zero-order valence-corrected chi connectivity index (χ0v) is 10.6. The Labute approximate surface area is 111 Å². The molecule has 2 N–H and O–H groups in total. The van der Waals surface area contributed by atoms with Crippen LogP contribution >= 0.6 is 0 Å². The third kappa shape index (κ3) is 4.03. The van der Waals surface area contributed by atoms with Gasteiger partial charge in [-0.1, -0.05) is 0 Å². The largest absolute Gasteiger partial charge is 0.481 e. The number of carboxylic acids is 1. The molecule has 0 spiro atoms. The number of nitrogens with one attached hydrogen (secondary N) is 1. The Kier molecular flexibility index (Phi) is 4.46. The van der Waals surface area contributed by atoms with Crippen LogP contribution in [0, 0.1) is 0 Å². The summed E-state index contributed by atoms with van der Waals surface area (Å²) in [6.07, 6.45) is 4.09. The molecule has 2 rings (SSSR count). The minimum Gasteiger partial charge on any atom is -0.481 e. The molecular formula is C13H17N3O3. The van der Waals surface area contributed by atoms with E-state index in [9.17, 15) is 9.59 Å². The first-order valence-corrected chi connectivity index (χ1v) is 6.26. The van der Waals surface area contributed by atoms with Gasteiger partial charge in [0, 0.05) is 37.9 Å². The molecule has 1 aromatic rings. The molecule has 1 amide bonds. The summed E-state index contributed by atoms with van der Waals surface area (Å²) in [6.45, 7) is 1.46. The van der Waals surface area contributed by atoms with Crippen LogP contribution < -0.4 is 5.32 Å². The first kappa shape index (κ1) is 13.5. The van der Waals surface area contributed by atoms with E-state index in [0.29, 0.717) is 26.1 Å². The van der Waals surface area contributed by atoms with Crippen molar-refractivity contribution in [2.75, 3.05) is 13.1 Å². The van der Waals surface area contributed by atoms with Crippen molar-refractivity contribution in [3.63, 3.8) is 0 Å². The fraction of sp³-hybridized carbons (Fsp3) is 0.462. The van der Waals surface area contributed by atoms with Crippen molar-refractivity contribution in [2.24, 2.45) is 0 Å². The smallest absolute Gasteiger partial charge is 0.303 e. The highest BCUT2D eigenvalue weighted by Gasteiger charge is 2.26. The lowest BCUT2D eigenvalue weighted by Crippen LogP contribution is -2.53. The fourth-order valence-electron chi connectivity index (χ4n) is 2.21. The van der Waals surface area contributed by atoms with Crippen molar-refractivity contribution in [3.8, 4) is 0 Å². The molecule has 1 atom stereocenters. The van der Waals surface area contributed by atoms with Crippen LogP contribution in [0.5, 0.6) is 0 Å². The Bertz CT molecular complexity index is 450. The van der Waals surface area contributed by atoms with Crippen LogP contribution in [0.3, 0.4) is 0 Å². The van der Waals surface area contributed by atoms with Crippen LogP contribution in [-0.2, 0) is 16.1 Å². The maximum Gasteiger partial charge on any atom is 0.303 e. The molecular weight excluding hydrogens is 246 g/mol. The zero-order chi connectivity index (χ0) is 13.7. The van der Waals surface area contributed by atoms with Gasteiger partial charge in [0.2, 0.25) is 5.91 Å². The second-order valence-electron chi connectivity index (χ2n) is 4.65. The topological polar surface area (TPSA) is 82.5 Å². The number of carbonyl (C=O) groups is 2. The van der Waals surface area contributed by atoms with Gasteiger partial charge in [-0.25, -0.2) is 0 Å². The summed E-state index contributed by atoms with van der Waals surface area (Å²) in [5, 5.41) is 11.5. The van der Waals surface area contributed by atoms with E-state index in [1.165, 1.54) is 0 Å². The molecule has 0 aliphatic carbocycles. The summed E-state index contributed by atoms with van der Waals surface area (Å²) in [6, 6.07) is 3.88. The number of carbonyl (C=O) groups excluding carboxylic acids is 1. The molecule has 1 unspecified atom stereocenters. The van der Waals surface area contributed by atoms with Crippen molar-refractivity contribution in [1.82, 2.24) is 15.2 Å². The molecule has 1 saturated heterocycles. The number of rotatable bonds is 5. The van der Waals surface area contributed by atoms with E-state index in [2.05, 4.69) is 10.3 Å². The Hall–Kier alpha value is -1.95. The lowest BCUT2D eigenvalue weighted by molar-refractivity contribution is -0.137. The minimum absolute atomic E-state index is 0.0133. The monoisotopic (exact) mass is 263 g/mol. The van der Waals surface area contributed by atoms with Gasteiger partial charge < -0.3 is 10.4 Å². The number of piperazine rings is 1. The molecule has 6 nitrogen and oxygen atoms in total. The molecule has 1 aliphatic heterocycles. The highest BCUT2D eigenvalue weighted by molar-refractivity contribution is 5.79. The van der Waals surface area contributed by atoms with Gasteiger partial charge in [-0.3, -0.25) is 19.5 Å². The predicted octanol–water partition coefficient (Wildman–Crippen LogP) is 0.247. The zero-order valence-electron chi connectivity index (χ0n) is 10.6. The number of aliphatic carboxylic acids is 1. The third-order valence-corrected chi connectivity index (χ3v) is 3.22. The number of pyridine rings is 1. The number of amides is 1. The molecule has 0 bridgehead atoms. The van der Waals surface area contributed by atoms with Crippen LogP contribution in [0.4, 0.5) is 0 Å². The number of hydrogen-bond donors (Lipinski definition) is 2. The van der Waals surface area contributed by atoms with Crippen LogP contribution in [0.25, 0.3) is 0 Å². The number of nitrogens with zero attached hydrogens (tertiary/aromatic N) is 2. The maximum atomic E-state index is 11.5. The second-order valence-corrected chi connectivity index (χ2v) is 4.65. The van der Waals surface area contributed by atoms with Crippen LogP contribution in [-0.4, -0.2) is 46.0 Å². The van der Waals surface area contributed by atoms with Crippen LogP contribution in [0.1, 0.15) is 18.4 Å². The first-order chi connectivity index (χ1) is 9.15. The van der Waals surface area contributed by atoms with Crippen molar-refractivity contribution in [3.05, 3.63) is 30.1 Å². The number of carboxylic acid groups (broad SMARTS) is 1.